The van der Waals surface area contributed by atoms with Crippen LogP contribution in [0.25, 0.3) is 0 Å². The molecule has 1 aromatic heterocycles. The monoisotopic (exact) mass is 284 g/mol. The van der Waals surface area contributed by atoms with Gasteiger partial charge in [0.15, 0.2) is 0 Å². The third-order valence-corrected chi connectivity index (χ3v) is 3.72. The maximum atomic E-state index is 11.4. The molecule has 5 heteroatoms. The van der Waals surface area contributed by atoms with Crippen LogP contribution in [0, 0.1) is 0 Å². The highest BCUT2D eigenvalue weighted by Gasteiger charge is 2.14. The molecule has 1 amide bonds. The molecular formula is C16H20N4O. The number of carbonyl (C=O) groups is 1. The number of aromatic nitrogens is 2. The number of rotatable bonds is 5. The number of benzene rings is 1. The Labute approximate surface area is 124 Å². The SMILES string of the molecule is CCCn1ccnc1CNc1ccc2c(c1)CCC(=O)N2. The molecule has 2 heterocycles. The van der Waals surface area contributed by atoms with Gasteiger partial charge in [0.05, 0.1) is 6.54 Å². The summed E-state index contributed by atoms with van der Waals surface area (Å²) < 4.78 is 2.17. The zero-order valence-electron chi connectivity index (χ0n) is 12.2. The van der Waals surface area contributed by atoms with E-state index in [1.807, 2.05) is 24.5 Å². The average molecular weight is 284 g/mol. The first-order valence-corrected chi connectivity index (χ1v) is 7.43. The summed E-state index contributed by atoms with van der Waals surface area (Å²) >= 11 is 0. The first-order valence-electron chi connectivity index (χ1n) is 7.43. The second-order valence-electron chi connectivity index (χ2n) is 5.31. The van der Waals surface area contributed by atoms with Gasteiger partial charge in [0.1, 0.15) is 5.82 Å². The van der Waals surface area contributed by atoms with Gasteiger partial charge in [-0.05, 0) is 36.6 Å². The number of aryl methyl sites for hydroxylation is 2. The van der Waals surface area contributed by atoms with Gasteiger partial charge in [-0.2, -0.15) is 0 Å². The van der Waals surface area contributed by atoms with E-state index in [0.717, 1.165) is 36.6 Å². The Kier molecular flexibility index (Phi) is 3.90. The molecule has 1 aromatic carbocycles. The van der Waals surface area contributed by atoms with Crippen molar-refractivity contribution in [3.8, 4) is 0 Å². The molecule has 3 rings (SSSR count). The maximum absolute atomic E-state index is 11.4. The fourth-order valence-electron chi connectivity index (χ4n) is 2.63. The smallest absolute Gasteiger partial charge is 0.224 e. The molecule has 0 aliphatic carbocycles. The predicted octanol–water partition coefficient (Wildman–Crippen LogP) is 2.79. The van der Waals surface area contributed by atoms with Gasteiger partial charge >= 0.3 is 0 Å². The summed E-state index contributed by atoms with van der Waals surface area (Å²) in [6, 6.07) is 6.08. The molecule has 2 N–H and O–H groups in total. The van der Waals surface area contributed by atoms with E-state index in [2.05, 4.69) is 33.2 Å². The molecule has 2 aromatic rings. The molecule has 0 atom stereocenters. The van der Waals surface area contributed by atoms with Crippen LogP contribution in [0.15, 0.2) is 30.6 Å². The molecule has 1 aliphatic heterocycles. The minimum atomic E-state index is 0.102. The number of imidazole rings is 1. The molecule has 110 valence electrons. The Balaban J connectivity index is 1.68. The summed E-state index contributed by atoms with van der Waals surface area (Å²) in [4.78, 5) is 15.7. The second kappa shape index (κ2) is 5.99. The summed E-state index contributed by atoms with van der Waals surface area (Å²) in [6.45, 7) is 3.86. The van der Waals surface area contributed by atoms with E-state index in [1.165, 1.54) is 5.56 Å². The minimum Gasteiger partial charge on any atom is -0.378 e. The van der Waals surface area contributed by atoms with Gasteiger partial charge in [0.25, 0.3) is 0 Å². The molecule has 0 saturated carbocycles. The zero-order chi connectivity index (χ0) is 14.7. The standard InChI is InChI=1S/C16H20N4O/c1-2-8-20-9-7-17-15(20)11-18-13-4-5-14-12(10-13)3-6-16(21)19-14/h4-5,7,9-10,18H,2-3,6,8,11H2,1H3,(H,19,21). The number of carbonyl (C=O) groups excluding carboxylic acids is 1. The van der Waals surface area contributed by atoms with Crippen molar-refractivity contribution in [2.75, 3.05) is 10.6 Å². The van der Waals surface area contributed by atoms with Crippen molar-refractivity contribution in [3.05, 3.63) is 42.0 Å². The Morgan fingerprint density at radius 1 is 1.38 bits per heavy atom. The Morgan fingerprint density at radius 2 is 2.29 bits per heavy atom. The average Bonchev–Trinajstić information content (AvgIpc) is 2.93. The summed E-state index contributed by atoms with van der Waals surface area (Å²) in [6.07, 6.45) is 6.33. The van der Waals surface area contributed by atoms with E-state index in [9.17, 15) is 4.79 Å². The molecule has 0 spiro atoms. The molecular weight excluding hydrogens is 264 g/mol. The van der Waals surface area contributed by atoms with Crippen molar-refractivity contribution in [1.82, 2.24) is 9.55 Å². The summed E-state index contributed by atoms with van der Waals surface area (Å²) in [7, 11) is 0. The highest BCUT2D eigenvalue weighted by molar-refractivity contribution is 5.94. The van der Waals surface area contributed by atoms with Crippen LogP contribution in [0.1, 0.15) is 31.2 Å². The molecule has 1 aliphatic rings. The van der Waals surface area contributed by atoms with Crippen LogP contribution in [0.3, 0.4) is 0 Å². The Morgan fingerprint density at radius 3 is 3.14 bits per heavy atom. The van der Waals surface area contributed by atoms with Crippen molar-refractivity contribution >= 4 is 17.3 Å². The van der Waals surface area contributed by atoms with E-state index in [0.29, 0.717) is 13.0 Å². The highest BCUT2D eigenvalue weighted by Crippen LogP contribution is 2.25. The van der Waals surface area contributed by atoms with E-state index in [-0.39, 0.29) is 5.91 Å². The van der Waals surface area contributed by atoms with E-state index in [1.54, 1.807) is 0 Å². The van der Waals surface area contributed by atoms with Crippen molar-refractivity contribution in [1.29, 1.82) is 0 Å². The van der Waals surface area contributed by atoms with Crippen molar-refractivity contribution in [2.24, 2.45) is 0 Å². The van der Waals surface area contributed by atoms with Crippen LogP contribution in [0.5, 0.6) is 0 Å². The number of nitrogens with one attached hydrogen (secondary N) is 2. The maximum Gasteiger partial charge on any atom is 0.224 e. The molecule has 0 radical (unpaired) electrons. The Hall–Kier alpha value is -2.30. The summed E-state index contributed by atoms with van der Waals surface area (Å²) in [5, 5.41) is 6.31. The molecule has 21 heavy (non-hydrogen) atoms. The lowest BCUT2D eigenvalue weighted by Gasteiger charge is -2.18. The van der Waals surface area contributed by atoms with Crippen molar-refractivity contribution < 1.29 is 4.79 Å². The largest absolute Gasteiger partial charge is 0.378 e. The second-order valence-corrected chi connectivity index (χ2v) is 5.31. The van der Waals surface area contributed by atoms with Crippen molar-refractivity contribution in [2.45, 2.75) is 39.3 Å². The topological polar surface area (TPSA) is 59.0 Å². The fourth-order valence-corrected chi connectivity index (χ4v) is 2.63. The van der Waals surface area contributed by atoms with Gasteiger partial charge < -0.3 is 15.2 Å². The van der Waals surface area contributed by atoms with Gasteiger partial charge in [-0.1, -0.05) is 6.92 Å². The summed E-state index contributed by atoms with van der Waals surface area (Å²) in [5.41, 5.74) is 3.19. The number of fused-ring (bicyclic) bond motifs is 1. The normalized spacial score (nSPS) is 13.7. The van der Waals surface area contributed by atoms with Gasteiger partial charge in [0.2, 0.25) is 5.91 Å². The number of amides is 1. The van der Waals surface area contributed by atoms with Crippen LogP contribution in [0.2, 0.25) is 0 Å². The highest BCUT2D eigenvalue weighted by atomic mass is 16.1. The molecule has 0 unspecified atom stereocenters. The van der Waals surface area contributed by atoms with Gasteiger partial charge in [-0.25, -0.2) is 4.98 Å². The number of nitrogens with zero attached hydrogens (tertiary/aromatic N) is 2. The van der Waals surface area contributed by atoms with Crippen LogP contribution in [0.4, 0.5) is 11.4 Å². The van der Waals surface area contributed by atoms with Crippen molar-refractivity contribution in [3.63, 3.8) is 0 Å². The molecule has 0 saturated heterocycles. The van der Waals surface area contributed by atoms with Gasteiger partial charge in [-0.3, -0.25) is 4.79 Å². The molecule has 0 bridgehead atoms. The number of hydrogen-bond acceptors (Lipinski definition) is 3. The van der Waals surface area contributed by atoms with E-state index < -0.39 is 0 Å². The van der Waals surface area contributed by atoms with Gasteiger partial charge in [0, 0.05) is 36.7 Å². The number of anilines is 2. The lowest BCUT2D eigenvalue weighted by atomic mass is 10.0. The fraction of sp³-hybridized carbons (Fsp3) is 0.375. The van der Waals surface area contributed by atoms with E-state index >= 15 is 0 Å². The predicted molar refractivity (Wildman–Crippen MR) is 83.2 cm³/mol. The van der Waals surface area contributed by atoms with Crippen LogP contribution < -0.4 is 10.6 Å². The number of hydrogen-bond donors (Lipinski definition) is 2. The third-order valence-electron chi connectivity index (χ3n) is 3.72. The molecule has 5 nitrogen and oxygen atoms in total. The lowest BCUT2D eigenvalue weighted by Crippen LogP contribution is -2.19. The van der Waals surface area contributed by atoms with Crippen LogP contribution in [-0.2, 0) is 24.3 Å². The third kappa shape index (κ3) is 3.07. The first-order chi connectivity index (χ1) is 10.3. The Bertz CT molecular complexity index is 647. The molecule has 0 fully saturated rings. The van der Waals surface area contributed by atoms with Crippen LogP contribution >= 0.6 is 0 Å². The summed E-state index contributed by atoms with van der Waals surface area (Å²) in [5.74, 6) is 1.15. The first kappa shape index (κ1) is 13.7. The lowest BCUT2D eigenvalue weighted by molar-refractivity contribution is -0.116. The van der Waals surface area contributed by atoms with Gasteiger partial charge in [-0.15, -0.1) is 0 Å². The zero-order valence-corrected chi connectivity index (χ0v) is 12.2. The van der Waals surface area contributed by atoms with Crippen LogP contribution in [-0.4, -0.2) is 15.5 Å². The quantitative estimate of drug-likeness (QED) is 0.887. The van der Waals surface area contributed by atoms with E-state index in [4.69, 9.17) is 0 Å². The minimum absolute atomic E-state index is 0.102.